The fourth-order valence-electron chi connectivity index (χ4n) is 3.29. The maximum Gasteiger partial charge on any atom is 0.241 e. The van der Waals surface area contributed by atoms with Gasteiger partial charge in [0.25, 0.3) is 0 Å². The van der Waals surface area contributed by atoms with Crippen molar-refractivity contribution >= 4 is 9.76 Å². The molecule has 1 N–H and O–H groups in total. The monoisotopic (exact) mass is 316 g/mol. The van der Waals surface area contributed by atoms with Gasteiger partial charge < -0.3 is 4.80 Å². The lowest BCUT2D eigenvalue weighted by molar-refractivity contribution is 0.493. The SMILES string of the molecule is CC(c1ccccc1)C([Si]O)(c1ccccc1)c1ccccc1. The van der Waals surface area contributed by atoms with Crippen LogP contribution in [-0.4, -0.2) is 14.6 Å². The Kier molecular flexibility index (Phi) is 4.75. The summed E-state index contributed by atoms with van der Waals surface area (Å²) in [4.78, 5) is 10.5. The van der Waals surface area contributed by atoms with Gasteiger partial charge in [-0.2, -0.15) is 0 Å². The van der Waals surface area contributed by atoms with Gasteiger partial charge in [0.1, 0.15) is 0 Å². The molecule has 0 aliphatic carbocycles. The van der Waals surface area contributed by atoms with Crippen LogP contribution >= 0.6 is 0 Å². The molecule has 0 aliphatic rings. The molecule has 3 rings (SSSR count). The van der Waals surface area contributed by atoms with Gasteiger partial charge in [-0.15, -0.1) is 0 Å². The fourth-order valence-corrected chi connectivity index (χ4v) is 4.24. The summed E-state index contributed by atoms with van der Waals surface area (Å²) >= 11 is 0. The second-order valence-corrected chi connectivity index (χ2v) is 6.80. The van der Waals surface area contributed by atoms with Gasteiger partial charge >= 0.3 is 0 Å². The zero-order valence-corrected chi connectivity index (χ0v) is 14.2. The highest BCUT2D eigenvalue weighted by Crippen LogP contribution is 2.43. The summed E-state index contributed by atoms with van der Waals surface area (Å²) in [6.45, 7) is 2.21. The molecule has 114 valence electrons. The van der Waals surface area contributed by atoms with E-state index in [1.807, 2.05) is 42.5 Å². The van der Waals surface area contributed by atoms with E-state index >= 15 is 0 Å². The van der Waals surface area contributed by atoms with Crippen LogP contribution in [-0.2, 0) is 5.04 Å². The molecular formula is C21H20OSi. The number of hydrogen-bond acceptors (Lipinski definition) is 1. The largest absolute Gasteiger partial charge is 0.431 e. The van der Waals surface area contributed by atoms with Crippen LogP contribution in [0.3, 0.4) is 0 Å². The third-order valence-electron chi connectivity index (χ3n) is 4.58. The summed E-state index contributed by atoms with van der Waals surface area (Å²) in [6.07, 6.45) is 0. The summed E-state index contributed by atoms with van der Waals surface area (Å²) in [6, 6.07) is 31.2. The molecule has 0 spiro atoms. The van der Waals surface area contributed by atoms with Gasteiger partial charge in [0.05, 0.1) is 0 Å². The van der Waals surface area contributed by atoms with Crippen LogP contribution in [0.2, 0.25) is 0 Å². The van der Waals surface area contributed by atoms with E-state index in [9.17, 15) is 4.80 Å². The van der Waals surface area contributed by atoms with E-state index in [0.29, 0.717) is 0 Å². The molecule has 1 nitrogen and oxygen atoms in total. The van der Waals surface area contributed by atoms with Crippen molar-refractivity contribution in [2.45, 2.75) is 17.9 Å². The summed E-state index contributed by atoms with van der Waals surface area (Å²) in [7, 11) is -0.220. The van der Waals surface area contributed by atoms with Crippen molar-refractivity contribution in [3.8, 4) is 0 Å². The predicted molar refractivity (Wildman–Crippen MR) is 96.5 cm³/mol. The first-order valence-corrected chi connectivity index (χ1v) is 8.81. The maximum absolute atomic E-state index is 10.5. The van der Waals surface area contributed by atoms with E-state index in [0.717, 1.165) is 11.1 Å². The van der Waals surface area contributed by atoms with Crippen molar-refractivity contribution in [2.24, 2.45) is 0 Å². The average Bonchev–Trinajstić information content (AvgIpc) is 2.65. The van der Waals surface area contributed by atoms with Crippen molar-refractivity contribution in [1.29, 1.82) is 0 Å². The van der Waals surface area contributed by atoms with Gasteiger partial charge in [0.15, 0.2) is 0 Å². The molecule has 0 amide bonds. The molecule has 1 atom stereocenters. The number of benzene rings is 3. The first-order chi connectivity index (χ1) is 11.3. The quantitative estimate of drug-likeness (QED) is 0.694. The molecule has 23 heavy (non-hydrogen) atoms. The lowest BCUT2D eigenvalue weighted by Gasteiger charge is -2.38. The van der Waals surface area contributed by atoms with Crippen LogP contribution in [0.5, 0.6) is 0 Å². The zero-order chi connectivity index (χ0) is 16.1. The van der Waals surface area contributed by atoms with Crippen LogP contribution in [0.4, 0.5) is 0 Å². The first kappa shape index (κ1) is 15.7. The smallest absolute Gasteiger partial charge is 0.241 e. The molecule has 0 saturated carbocycles. The minimum absolute atomic E-state index is 0.164. The Morgan fingerprint density at radius 3 is 1.48 bits per heavy atom. The minimum atomic E-state index is -0.427. The van der Waals surface area contributed by atoms with Crippen LogP contribution in [0.15, 0.2) is 91.0 Å². The Balaban J connectivity index is 2.21. The maximum atomic E-state index is 10.5. The van der Waals surface area contributed by atoms with Gasteiger partial charge in [0, 0.05) is 5.04 Å². The van der Waals surface area contributed by atoms with E-state index in [2.05, 4.69) is 55.5 Å². The summed E-state index contributed by atoms with van der Waals surface area (Å²) in [5, 5.41) is -0.427. The third kappa shape index (κ3) is 2.88. The Morgan fingerprint density at radius 1 is 0.696 bits per heavy atom. The molecule has 3 aromatic carbocycles. The predicted octanol–water partition coefficient (Wildman–Crippen LogP) is 4.35. The third-order valence-corrected chi connectivity index (χ3v) is 5.95. The molecule has 2 radical (unpaired) electrons. The lowest BCUT2D eigenvalue weighted by Crippen LogP contribution is -2.40. The van der Waals surface area contributed by atoms with E-state index in [4.69, 9.17) is 0 Å². The standard InChI is InChI=1S/C21H20OSi/c1-17(18-11-5-2-6-12-18)21(23-22,19-13-7-3-8-14-19)20-15-9-4-10-16-20/h2-17,22H,1H3. The molecule has 0 fully saturated rings. The van der Waals surface area contributed by atoms with Crippen LogP contribution < -0.4 is 0 Å². The van der Waals surface area contributed by atoms with Crippen LogP contribution in [0.25, 0.3) is 0 Å². The van der Waals surface area contributed by atoms with Crippen LogP contribution in [0, 0.1) is 0 Å². The van der Waals surface area contributed by atoms with E-state index in [1.165, 1.54) is 5.56 Å². The molecule has 2 heteroatoms. The van der Waals surface area contributed by atoms with Gasteiger partial charge in [-0.1, -0.05) is 97.9 Å². The Morgan fingerprint density at radius 2 is 1.09 bits per heavy atom. The summed E-state index contributed by atoms with van der Waals surface area (Å²) in [5.41, 5.74) is 3.55. The first-order valence-electron chi connectivity index (χ1n) is 7.86. The highest BCUT2D eigenvalue weighted by atomic mass is 28.2. The Labute approximate surface area is 140 Å². The molecule has 3 aromatic rings. The van der Waals surface area contributed by atoms with E-state index < -0.39 is 5.04 Å². The van der Waals surface area contributed by atoms with Gasteiger partial charge in [0.2, 0.25) is 9.76 Å². The topological polar surface area (TPSA) is 20.2 Å². The average molecular weight is 316 g/mol. The summed E-state index contributed by atoms with van der Waals surface area (Å²) < 4.78 is 0. The van der Waals surface area contributed by atoms with Crippen molar-refractivity contribution in [3.05, 3.63) is 108 Å². The summed E-state index contributed by atoms with van der Waals surface area (Å²) in [5.74, 6) is 0.164. The molecule has 0 aliphatic heterocycles. The minimum Gasteiger partial charge on any atom is -0.431 e. The fraction of sp³-hybridized carbons (Fsp3) is 0.143. The molecule has 0 bridgehead atoms. The second-order valence-electron chi connectivity index (χ2n) is 5.78. The van der Waals surface area contributed by atoms with E-state index in [-0.39, 0.29) is 15.7 Å². The van der Waals surface area contributed by atoms with Crippen LogP contribution in [0.1, 0.15) is 29.5 Å². The normalized spacial score (nSPS) is 12.8. The number of hydrogen-bond donors (Lipinski definition) is 1. The van der Waals surface area contributed by atoms with Gasteiger partial charge in [-0.25, -0.2) is 0 Å². The Bertz CT molecular complexity index is 686. The molecular weight excluding hydrogens is 296 g/mol. The number of rotatable bonds is 5. The van der Waals surface area contributed by atoms with Crippen molar-refractivity contribution in [2.75, 3.05) is 0 Å². The van der Waals surface area contributed by atoms with Crippen molar-refractivity contribution in [1.82, 2.24) is 0 Å². The zero-order valence-electron chi connectivity index (χ0n) is 13.2. The van der Waals surface area contributed by atoms with Crippen molar-refractivity contribution in [3.63, 3.8) is 0 Å². The molecule has 0 aromatic heterocycles. The molecule has 0 heterocycles. The van der Waals surface area contributed by atoms with Gasteiger partial charge in [-0.05, 0) is 22.6 Å². The lowest BCUT2D eigenvalue weighted by atomic mass is 9.77. The van der Waals surface area contributed by atoms with E-state index in [1.54, 1.807) is 0 Å². The highest BCUT2D eigenvalue weighted by molar-refractivity contribution is 6.33. The highest BCUT2D eigenvalue weighted by Gasteiger charge is 2.41. The molecule has 1 unspecified atom stereocenters. The molecule has 0 saturated heterocycles. The van der Waals surface area contributed by atoms with Gasteiger partial charge in [-0.3, -0.25) is 0 Å². The Hall–Kier alpha value is -2.16. The van der Waals surface area contributed by atoms with Crippen molar-refractivity contribution < 1.29 is 4.80 Å². The second kappa shape index (κ2) is 6.94.